The Kier molecular flexibility index (Phi) is 11.6. The van der Waals surface area contributed by atoms with Crippen LogP contribution in [0.4, 0.5) is 0 Å². The van der Waals surface area contributed by atoms with Crippen molar-refractivity contribution in [1.29, 1.82) is 0 Å². The highest BCUT2D eigenvalue weighted by Crippen LogP contribution is 2.20. The summed E-state index contributed by atoms with van der Waals surface area (Å²) in [7, 11) is 0. The Balaban J connectivity index is 2.91. The fraction of sp³-hybridized carbons (Fsp3) is 0.789. The van der Waals surface area contributed by atoms with Gasteiger partial charge in [0.1, 0.15) is 18.1 Å². The Morgan fingerprint density at radius 2 is 1.93 bits per heavy atom. The second-order valence-corrected chi connectivity index (χ2v) is 8.88. The number of nitrogens with zero attached hydrogens (tertiary/aromatic N) is 1. The van der Waals surface area contributed by atoms with Gasteiger partial charge < -0.3 is 26.4 Å². The van der Waals surface area contributed by atoms with Crippen LogP contribution < -0.4 is 16.4 Å². The Morgan fingerprint density at radius 1 is 1.27 bits per heavy atom. The van der Waals surface area contributed by atoms with E-state index in [4.69, 9.17) is 10.8 Å². The lowest BCUT2D eigenvalue weighted by Crippen LogP contribution is -2.57. The first kappa shape index (κ1) is 26.6. The van der Waals surface area contributed by atoms with E-state index in [9.17, 15) is 19.2 Å². The van der Waals surface area contributed by atoms with Crippen molar-refractivity contribution in [3.8, 4) is 0 Å². The van der Waals surface area contributed by atoms with Gasteiger partial charge in [0.2, 0.25) is 17.7 Å². The molecule has 0 bridgehead atoms. The Bertz CT molecular complexity index is 622. The lowest BCUT2D eigenvalue weighted by Gasteiger charge is -2.30. The number of aliphatic carboxylic acids is 1. The minimum Gasteiger partial charge on any atom is -0.480 e. The average Bonchev–Trinajstić information content (AvgIpc) is 3.22. The molecule has 0 aromatic rings. The number of nitrogens with one attached hydrogen (secondary N) is 2. The molecular weight excluding hydrogens is 428 g/mol. The van der Waals surface area contributed by atoms with E-state index in [-0.39, 0.29) is 23.5 Å². The number of carbonyl (C=O) groups excluding carboxylic acids is 3. The summed E-state index contributed by atoms with van der Waals surface area (Å²) < 4.78 is 0. The topological polar surface area (TPSA) is 142 Å². The zero-order valence-corrected chi connectivity index (χ0v) is 19.5. The zero-order chi connectivity index (χ0) is 22.8. The lowest BCUT2D eigenvalue weighted by molar-refractivity contribution is -0.144. The predicted molar refractivity (Wildman–Crippen MR) is 121 cm³/mol. The molecule has 172 valence electrons. The molecule has 5 atom stereocenters. The minimum atomic E-state index is -1.18. The van der Waals surface area contributed by atoms with Gasteiger partial charge in [0.25, 0.3) is 0 Å². The summed E-state index contributed by atoms with van der Waals surface area (Å²) in [6, 6.07) is -3.40. The highest BCUT2D eigenvalue weighted by Gasteiger charge is 2.39. The molecule has 30 heavy (non-hydrogen) atoms. The second kappa shape index (κ2) is 13.1. The molecule has 0 aliphatic carbocycles. The molecule has 1 heterocycles. The van der Waals surface area contributed by atoms with Crippen LogP contribution in [0, 0.1) is 5.92 Å². The van der Waals surface area contributed by atoms with Gasteiger partial charge in [0.15, 0.2) is 0 Å². The van der Waals surface area contributed by atoms with E-state index in [0.29, 0.717) is 31.6 Å². The van der Waals surface area contributed by atoms with Crippen LogP contribution in [0.25, 0.3) is 0 Å². The average molecular weight is 463 g/mol. The van der Waals surface area contributed by atoms with Gasteiger partial charge in [-0.3, -0.25) is 14.4 Å². The van der Waals surface area contributed by atoms with Crippen LogP contribution in [0.15, 0.2) is 0 Å². The number of thioether (sulfide) groups is 1. The lowest BCUT2D eigenvalue weighted by atomic mass is 9.99. The number of amides is 3. The zero-order valence-electron chi connectivity index (χ0n) is 17.8. The van der Waals surface area contributed by atoms with Crippen molar-refractivity contribution in [3.63, 3.8) is 0 Å². The van der Waals surface area contributed by atoms with E-state index in [1.54, 1.807) is 11.8 Å². The van der Waals surface area contributed by atoms with Crippen molar-refractivity contribution >= 4 is 48.1 Å². The molecule has 1 aliphatic rings. The number of carboxylic acids is 1. The second-order valence-electron chi connectivity index (χ2n) is 7.53. The quantitative estimate of drug-likeness (QED) is 0.259. The molecule has 5 unspecified atom stereocenters. The van der Waals surface area contributed by atoms with E-state index in [0.717, 1.165) is 6.42 Å². The summed E-state index contributed by atoms with van der Waals surface area (Å²) in [5.41, 5.74) is 6.01. The number of carbonyl (C=O) groups is 4. The number of thiol groups is 1. The maximum Gasteiger partial charge on any atom is 0.327 e. The van der Waals surface area contributed by atoms with E-state index in [1.165, 1.54) is 4.90 Å². The maximum atomic E-state index is 13.2. The van der Waals surface area contributed by atoms with E-state index in [2.05, 4.69) is 23.3 Å². The van der Waals surface area contributed by atoms with Gasteiger partial charge in [-0.15, -0.1) is 0 Å². The largest absolute Gasteiger partial charge is 0.480 e. The third kappa shape index (κ3) is 7.35. The first-order chi connectivity index (χ1) is 14.2. The Labute approximate surface area is 187 Å². The van der Waals surface area contributed by atoms with Gasteiger partial charge in [-0.1, -0.05) is 20.3 Å². The summed E-state index contributed by atoms with van der Waals surface area (Å²) in [5, 5.41) is 14.3. The number of likely N-dealkylation sites (tertiary alicyclic amines) is 1. The molecular formula is C19H34N4O5S2. The molecule has 5 N–H and O–H groups in total. The first-order valence-corrected chi connectivity index (χ1v) is 12.2. The van der Waals surface area contributed by atoms with E-state index < -0.39 is 36.0 Å². The monoisotopic (exact) mass is 462 g/mol. The summed E-state index contributed by atoms with van der Waals surface area (Å²) in [5.74, 6) is -1.86. The van der Waals surface area contributed by atoms with Gasteiger partial charge in [-0.2, -0.15) is 24.4 Å². The van der Waals surface area contributed by atoms with Crippen molar-refractivity contribution in [2.45, 2.75) is 63.7 Å². The maximum absolute atomic E-state index is 13.2. The molecule has 0 spiro atoms. The van der Waals surface area contributed by atoms with Crippen molar-refractivity contribution in [3.05, 3.63) is 0 Å². The standard InChI is InChI=1S/C19H34N4O5S2/c1-4-11(2)15(20)17(25)21-12(7-9-30-3)18(26)23-8-5-6-14(23)16(24)22-13(10-29)19(27)28/h11-15,29H,4-10,20H2,1-3H3,(H,21,25)(H,22,24)(H,27,28). The Morgan fingerprint density at radius 3 is 2.47 bits per heavy atom. The molecule has 11 heteroatoms. The summed E-state index contributed by atoms with van der Waals surface area (Å²) in [6.45, 7) is 4.19. The molecule has 0 aromatic carbocycles. The van der Waals surface area contributed by atoms with Crippen LogP contribution in [-0.4, -0.2) is 82.2 Å². The van der Waals surface area contributed by atoms with E-state index >= 15 is 0 Å². The number of nitrogens with two attached hydrogens (primary N) is 1. The Hall–Kier alpha value is -1.46. The van der Waals surface area contributed by atoms with Gasteiger partial charge >= 0.3 is 5.97 Å². The smallest absolute Gasteiger partial charge is 0.327 e. The fourth-order valence-electron chi connectivity index (χ4n) is 3.23. The molecule has 9 nitrogen and oxygen atoms in total. The van der Waals surface area contributed by atoms with Gasteiger partial charge in [0.05, 0.1) is 6.04 Å². The van der Waals surface area contributed by atoms with Gasteiger partial charge in [0, 0.05) is 12.3 Å². The number of carboxylic acid groups (broad SMARTS) is 1. The fourth-order valence-corrected chi connectivity index (χ4v) is 3.95. The number of hydrogen-bond donors (Lipinski definition) is 5. The molecule has 1 saturated heterocycles. The summed E-state index contributed by atoms with van der Waals surface area (Å²) in [4.78, 5) is 51.0. The van der Waals surface area contributed by atoms with Crippen LogP contribution in [0.2, 0.25) is 0 Å². The number of rotatable bonds is 12. The van der Waals surface area contributed by atoms with Crippen LogP contribution in [0.3, 0.4) is 0 Å². The SMILES string of the molecule is CCC(C)C(N)C(=O)NC(CCSC)C(=O)N1CCCC1C(=O)NC(CS)C(=O)O. The van der Waals surface area contributed by atoms with Crippen molar-refractivity contribution in [2.24, 2.45) is 11.7 Å². The molecule has 1 rings (SSSR count). The highest BCUT2D eigenvalue weighted by atomic mass is 32.2. The van der Waals surface area contributed by atoms with Gasteiger partial charge in [-0.05, 0) is 37.2 Å². The third-order valence-corrected chi connectivity index (χ3v) is 6.43. The minimum absolute atomic E-state index is 0.0270. The van der Waals surface area contributed by atoms with Crippen molar-refractivity contribution < 1.29 is 24.3 Å². The summed E-state index contributed by atoms with van der Waals surface area (Å²) >= 11 is 5.50. The molecule has 1 aliphatic heterocycles. The molecule has 1 fully saturated rings. The van der Waals surface area contributed by atoms with Crippen LogP contribution in [0.5, 0.6) is 0 Å². The van der Waals surface area contributed by atoms with Crippen LogP contribution >= 0.6 is 24.4 Å². The first-order valence-electron chi connectivity index (χ1n) is 10.2. The molecule has 0 radical (unpaired) electrons. The predicted octanol–water partition coefficient (Wildman–Crippen LogP) is 0.0879. The van der Waals surface area contributed by atoms with Crippen molar-refractivity contribution in [1.82, 2.24) is 15.5 Å². The molecule has 0 saturated carbocycles. The molecule has 3 amide bonds. The van der Waals surface area contributed by atoms with Crippen LogP contribution in [-0.2, 0) is 19.2 Å². The summed E-state index contributed by atoms with van der Waals surface area (Å²) in [6.07, 6.45) is 4.12. The molecule has 0 aromatic heterocycles. The normalized spacial score (nSPS) is 20.2. The van der Waals surface area contributed by atoms with Crippen molar-refractivity contribution in [2.75, 3.05) is 24.3 Å². The number of hydrogen-bond acceptors (Lipinski definition) is 7. The third-order valence-electron chi connectivity index (χ3n) is 5.42. The van der Waals surface area contributed by atoms with Crippen LogP contribution in [0.1, 0.15) is 39.5 Å². The van der Waals surface area contributed by atoms with E-state index in [1.807, 2.05) is 20.1 Å². The highest BCUT2D eigenvalue weighted by molar-refractivity contribution is 7.98. The van der Waals surface area contributed by atoms with Gasteiger partial charge in [-0.25, -0.2) is 4.79 Å².